The van der Waals surface area contributed by atoms with Crippen LogP contribution in [0.3, 0.4) is 0 Å². The summed E-state index contributed by atoms with van der Waals surface area (Å²) in [5.74, 6) is -0.376. The monoisotopic (exact) mass is 290 g/mol. The van der Waals surface area contributed by atoms with E-state index in [1.165, 1.54) is 18.2 Å². The van der Waals surface area contributed by atoms with E-state index in [0.717, 1.165) is 17.6 Å². The van der Waals surface area contributed by atoms with Crippen molar-refractivity contribution in [3.8, 4) is 5.75 Å². The topological polar surface area (TPSA) is 55.2 Å². The number of halogens is 3. The third-order valence-corrected chi connectivity index (χ3v) is 3.22. The first-order valence-corrected chi connectivity index (χ1v) is 5.97. The number of benzene rings is 1. The summed E-state index contributed by atoms with van der Waals surface area (Å²) in [5.41, 5.74) is 0.829. The summed E-state index contributed by atoms with van der Waals surface area (Å²) < 4.78 is 43.8. The molecule has 19 heavy (non-hydrogen) atoms. The second-order valence-corrected chi connectivity index (χ2v) is 4.53. The predicted molar refractivity (Wildman–Crippen MR) is 61.8 cm³/mol. The molecule has 2 rings (SSSR count). The number of aliphatic hydroxyl groups is 1. The van der Waals surface area contributed by atoms with Gasteiger partial charge in [-0.1, -0.05) is 16.6 Å². The van der Waals surface area contributed by atoms with Gasteiger partial charge in [-0.15, -0.1) is 18.3 Å². The van der Waals surface area contributed by atoms with Crippen molar-refractivity contribution in [1.82, 2.24) is 9.59 Å². The van der Waals surface area contributed by atoms with E-state index in [9.17, 15) is 18.3 Å². The third kappa shape index (κ3) is 3.42. The van der Waals surface area contributed by atoms with Gasteiger partial charge in [0.1, 0.15) is 11.9 Å². The summed E-state index contributed by atoms with van der Waals surface area (Å²) >= 11 is 0.997. The highest BCUT2D eigenvalue weighted by molar-refractivity contribution is 7.05. The van der Waals surface area contributed by atoms with Crippen molar-refractivity contribution in [2.45, 2.75) is 19.4 Å². The van der Waals surface area contributed by atoms with E-state index in [1.807, 2.05) is 0 Å². The molecular weight excluding hydrogens is 281 g/mol. The molecule has 1 atom stereocenters. The maximum atomic E-state index is 12.1. The number of alkyl halides is 3. The molecule has 102 valence electrons. The van der Waals surface area contributed by atoms with Crippen LogP contribution in [0.4, 0.5) is 13.2 Å². The van der Waals surface area contributed by atoms with Crippen molar-refractivity contribution in [3.05, 3.63) is 40.4 Å². The van der Waals surface area contributed by atoms with Crippen LogP contribution in [0.25, 0.3) is 0 Å². The summed E-state index contributed by atoms with van der Waals surface area (Å²) in [6.45, 7) is 1.66. The molecular formula is C11H9F3N2O2S. The molecule has 1 unspecified atom stereocenters. The van der Waals surface area contributed by atoms with Gasteiger partial charge in [-0.2, -0.15) is 0 Å². The highest BCUT2D eigenvalue weighted by Gasteiger charge is 2.31. The highest BCUT2D eigenvalue weighted by atomic mass is 32.1. The van der Waals surface area contributed by atoms with Crippen LogP contribution < -0.4 is 4.74 Å². The van der Waals surface area contributed by atoms with Crippen LogP contribution >= 0.6 is 11.5 Å². The number of aryl methyl sites for hydroxylation is 1. The Kier molecular flexibility index (Phi) is 3.72. The molecule has 0 radical (unpaired) electrons. The number of aliphatic hydroxyl groups excluding tert-OH is 1. The third-order valence-electron chi connectivity index (χ3n) is 2.34. The first-order valence-electron chi connectivity index (χ1n) is 5.19. The normalized spacial score (nSPS) is 13.3. The maximum absolute atomic E-state index is 12.1. The quantitative estimate of drug-likeness (QED) is 0.944. The van der Waals surface area contributed by atoms with E-state index < -0.39 is 12.5 Å². The molecule has 4 nitrogen and oxygen atoms in total. The lowest BCUT2D eigenvalue weighted by Gasteiger charge is -2.12. The predicted octanol–water partition coefficient (Wildman–Crippen LogP) is 2.83. The molecule has 1 heterocycles. The average molecular weight is 290 g/mol. The van der Waals surface area contributed by atoms with E-state index >= 15 is 0 Å². The van der Waals surface area contributed by atoms with Gasteiger partial charge >= 0.3 is 6.36 Å². The Balaban J connectivity index is 2.26. The van der Waals surface area contributed by atoms with Crippen molar-refractivity contribution in [1.29, 1.82) is 0 Å². The van der Waals surface area contributed by atoms with Gasteiger partial charge in [0, 0.05) is 0 Å². The largest absolute Gasteiger partial charge is 0.573 e. The van der Waals surface area contributed by atoms with E-state index in [-0.39, 0.29) is 11.3 Å². The van der Waals surface area contributed by atoms with E-state index in [2.05, 4.69) is 14.3 Å². The fourth-order valence-electron chi connectivity index (χ4n) is 1.52. The zero-order valence-corrected chi connectivity index (χ0v) is 10.5. The molecule has 0 saturated heterocycles. The standard InChI is InChI=1S/C11H9F3N2O2S/c1-6-10(19-16-15-6)9(17)7-3-2-4-8(5-7)18-11(12,13)14/h2-5,9,17H,1H3. The fraction of sp³-hybridized carbons (Fsp3) is 0.273. The minimum Gasteiger partial charge on any atom is -0.406 e. The number of ether oxygens (including phenoxy) is 1. The van der Waals surface area contributed by atoms with Crippen LogP contribution in [-0.2, 0) is 0 Å². The number of nitrogens with zero attached hydrogens (tertiary/aromatic N) is 2. The average Bonchev–Trinajstić information content (AvgIpc) is 2.72. The summed E-state index contributed by atoms with van der Waals surface area (Å²) in [5, 5.41) is 13.8. The maximum Gasteiger partial charge on any atom is 0.573 e. The molecule has 1 aromatic heterocycles. The van der Waals surface area contributed by atoms with Crippen LogP contribution in [0.2, 0.25) is 0 Å². The summed E-state index contributed by atoms with van der Waals surface area (Å²) in [7, 11) is 0. The lowest BCUT2D eigenvalue weighted by atomic mass is 10.1. The number of hydrogen-bond acceptors (Lipinski definition) is 5. The highest BCUT2D eigenvalue weighted by Crippen LogP contribution is 2.30. The van der Waals surface area contributed by atoms with E-state index in [4.69, 9.17) is 0 Å². The zero-order valence-electron chi connectivity index (χ0n) is 9.68. The Morgan fingerprint density at radius 3 is 2.68 bits per heavy atom. The first kappa shape index (κ1) is 13.8. The lowest BCUT2D eigenvalue weighted by Crippen LogP contribution is -2.17. The molecule has 1 aromatic carbocycles. The van der Waals surface area contributed by atoms with Gasteiger partial charge in [-0.3, -0.25) is 0 Å². The Hall–Kier alpha value is -1.67. The SMILES string of the molecule is Cc1nnsc1C(O)c1cccc(OC(F)(F)F)c1. The van der Waals surface area contributed by atoms with Gasteiger partial charge in [-0.25, -0.2) is 0 Å². The molecule has 0 fully saturated rings. The van der Waals surface area contributed by atoms with Gasteiger partial charge in [0.15, 0.2) is 0 Å². The zero-order chi connectivity index (χ0) is 14.0. The van der Waals surface area contributed by atoms with Gasteiger partial charge in [-0.05, 0) is 36.2 Å². The Morgan fingerprint density at radius 2 is 2.11 bits per heavy atom. The Bertz CT molecular complexity index is 571. The Morgan fingerprint density at radius 1 is 1.37 bits per heavy atom. The van der Waals surface area contributed by atoms with Crippen LogP contribution in [0.15, 0.2) is 24.3 Å². The van der Waals surface area contributed by atoms with E-state index in [1.54, 1.807) is 6.92 Å². The van der Waals surface area contributed by atoms with Crippen molar-refractivity contribution >= 4 is 11.5 Å². The van der Waals surface area contributed by atoms with Crippen LogP contribution in [0.1, 0.15) is 22.2 Å². The molecule has 0 aliphatic rings. The minimum atomic E-state index is -4.76. The van der Waals surface area contributed by atoms with E-state index in [0.29, 0.717) is 10.6 Å². The molecule has 0 saturated carbocycles. The molecule has 1 N–H and O–H groups in total. The molecule has 0 aliphatic carbocycles. The van der Waals surface area contributed by atoms with Crippen molar-refractivity contribution < 1.29 is 23.0 Å². The van der Waals surface area contributed by atoms with Crippen LogP contribution in [0, 0.1) is 6.92 Å². The van der Waals surface area contributed by atoms with Crippen molar-refractivity contribution in [2.75, 3.05) is 0 Å². The van der Waals surface area contributed by atoms with Gasteiger partial charge < -0.3 is 9.84 Å². The van der Waals surface area contributed by atoms with Crippen molar-refractivity contribution in [2.24, 2.45) is 0 Å². The minimum absolute atomic E-state index is 0.288. The molecule has 8 heteroatoms. The van der Waals surface area contributed by atoms with Gasteiger partial charge in [0.25, 0.3) is 0 Å². The smallest absolute Gasteiger partial charge is 0.406 e. The molecule has 0 aliphatic heterocycles. The second kappa shape index (κ2) is 5.14. The molecule has 0 spiro atoms. The second-order valence-electron chi connectivity index (χ2n) is 3.75. The van der Waals surface area contributed by atoms with Gasteiger partial charge in [0.05, 0.1) is 10.6 Å². The summed E-state index contributed by atoms with van der Waals surface area (Å²) in [6.07, 6.45) is -5.83. The van der Waals surface area contributed by atoms with Crippen molar-refractivity contribution in [3.63, 3.8) is 0 Å². The summed E-state index contributed by atoms with van der Waals surface area (Å²) in [4.78, 5) is 0.490. The first-order chi connectivity index (χ1) is 8.87. The lowest BCUT2D eigenvalue weighted by molar-refractivity contribution is -0.274. The molecule has 0 amide bonds. The van der Waals surface area contributed by atoms with Crippen LogP contribution in [-0.4, -0.2) is 21.1 Å². The number of aromatic nitrogens is 2. The molecule has 0 bridgehead atoms. The Labute approximate surface area is 110 Å². The summed E-state index contributed by atoms with van der Waals surface area (Å²) in [6, 6.07) is 5.19. The number of hydrogen-bond donors (Lipinski definition) is 1. The fourth-order valence-corrected chi connectivity index (χ4v) is 2.18. The van der Waals surface area contributed by atoms with Gasteiger partial charge in [0.2, 0.25) is 0 Å². The molecule has 2 aromatic rings. The van der Waals surface area contributed by atoms with Crippen LogP contribution in [0.5, 0.6) is 5.75 Å². The number of rotatable bonds is 3.